The van der Waals surface area contributed by atoms with Gasteiger partial charge in [0.05, 0.1) is 30.5 Å². The number of phenolic OH excluding ortho intramolecular Hbond substituents is 1. The lowest BCUT2D eigenvalue weighted by molar-refractivity contribution is -0.168. The largest absolute Gasteiger partial charge is 0.508 e. The van der Waals surface area contributed by atoms with Crippen LogP contribution in [0.4, 0.5) is 0 Å². The fourth-order valence-corrected chi connectivity index (χ4v) is 12.6. The van der Waals surface area contributed by atoms with Gasteiger partial charge in [-0.3, -0.25) is 14.9 Å². The van der Waals surface area contributed by atoms with Crippen molar-refractivity contribution in [1.29, 1.82) is 0 Å². The first-order chi connectivity index (χ1) is 34.5. The van der Waals surface area contributed by atoms with Gasteiger partial charge < -0.3 is 41.3 Å². The van der Waals surface area contributed by atoms with Gasteiger partial charge in [-0.25, -0.2) is 0 Å². The number of hydrogen-bond acceptors (Lipinski definition) is 10. The Balaban J connectivity index is 1.18. The molecule has 3 heterocycles. The third kappa shape index (κ3) is 11.8. The molecule has 0 unspecified atom stereocenters. The molecule has 72 heavy (non-hydrogen) atoms. The van der Waals surface area contributed by atoms with Crippen LogP contribution < -0.4 is 16.4 Å². The second-order valence-electron chi connectivity index (χ2n) is 21.5. The molecule has 9 N–H and O–H groups in total. The zero-order valence-electron chi connectivity index (χ0n) is 42.3. The number of benzene rings is 3. The average Bonchev–Trinajstić information content (AvgIpc) is 3.69. The molecule has 3 aliphatic heterocycles. The number of carbonyl (C=O) groups is 2. The molecule has 11 heteroatoms. The van der Waals surface area contributed by atoms with Crippen molar-refractivity contribution in [2.45, 2.75) is 140 Å². The van der Waals surface area contributed by atoms with E-state index in [2.05, 4.69) is 48.1 Å². The third-order valence-electron chi connectivity index (χ3n) is 16.6. The highest BCUT2D eigenvalue weighted by Crippen LogP contribution is 2.63. The fourth-order valence-electron chi connectivity index (χ4n) is 12.6. The SMILES string of the molecule is C=C1/C=C/C=C(\[C@H]2CC[C@@]3([C@@H]4CC[C@H](O)Cc5cccc(c5)C[C@H](Cc5ccc(O)cc5)[C@H](O)CN[C@H]5C(=O)N[C@@H](N)c6cccc(c65)CC(=O)/C(C)=C/4CC[C@@]3(C)O)[C@@H]2O)COCC#CC/C(C)=C/CC1. The minimum atomic E-state index is -1.32. The van der Waals surface area contributed by atoms with Gasteiger partial charge in [-0.15, -0.1) is 0 Å². The number of allylic oxidation sites excluding steroid dienone is 8. The molecule has 0 saturated heterocycles. The first-order valence-electron chi connectivity index (χ1n) is 26.0. The predicted octanol–water partition coefficient (Wildman–Crippen LogP) is 7.81. The van der Waals surface area contributed by atoms with E-state index in [4.69, 9.17) is 10.5 Å². The highest BCUT2D eigenvalue weighted by atomic mass is 16.5. The van der Waals surface area contributed by atoms with Crippen LogP contribution in [0.5, 0.6) is 5.75 Å². The summed E-state index contributed by atoms with van der Waals surface area (Å²) in [5.74, 6) is 4.89. The van der Waals surface area contributed by atoms with Crippen LogP contribution in [0.2, 0.25) is 0 Å². The number of amides is 1. The number of carbonyl (C=O) groups excluding carboxylic acids is 2. The summed E-state index contributed by atoms with van der Waals surface area (Å²) in [5, 5.41) is 66.2. The summed E-state index contributed by atoms with van der Waals surface area (Å²) in [4.78, 5) is 29.0. The van der Waals surface area contributed by atoms with Crippen LogP contribution in [0.1, 0.15) is 124 Å². The molecule has 3 aromatic carbocycles. The second kappa shape index (κ2) is 23.2. The number of rotatable bonds is 3. The van der Waals surface area contributed by atoms with Gasteiger partial charge in [0.25, 0.3) is 0 Å². The summed E-state index contributed by atoms with van der Waals surface area (Å²) in [6, 6.07) is 19.7. The first kappa shape index (κ1) is 52.9. The summed E-state index contributed by atoms with van der Waals surface area (Å²) in [7, 11) is 0. The molecule has 11 nitrogen and oxygen atoms in total. The molecule has 2 saturated carbocycles. The summed E-state index contributed by atoms with van der Waals surface area (Å²) >= 11 is 0. The van der Waals surface area contributed by atoms with E-state index >= 15 is 4.79 Å². The van der Waals surface area contributed by atoms with E-state index in [-0.39, 0.29) is 55.5 Å². The number of aromatic hydroxyl groups is 1. The number of fused-ring (bicyclic) bond motifs is 4. The number of nitrogens with two attached hydrogens (primary N) is 1. The van der Waals surface area contributed by atoms with Crippen LogP contribution >= 0.6 is 0 Å². The molecular weight excluding hydrogens is 903 g/mol. The van der Waals surface area contributed by atoms with Gasteiger partial charge in [0.2, 0.25) is 5.91 Å². The number of aliphatic hydroxyl groups excluding tert-OH is 3. The molecular formula is C61H75N3O8. The minimum Gasteiger partial charge on any atom is -0.508 e. The predicted molar refractivity (Wildman–Crippen MR) is 281 cm³/mol. The smallest absolute Gasteiger partial charge is 0.243 e. The molecule has 10 atom stereocenters. The van der Waals surface area contributed by atoms with Crippen molar-refractivity contribution in [3.05, 3.63) is 159 Å². The van der Waals surface area contributed by atoms with Crippen molar-refractivity contribution in [2.24, 2.45) is 28.9 Å². The van der Waals surface area contributed by atoms with Crippen LogP contribution in [0.15, 0.2) is 125 Å². The molecule has 3 aromatic rings. The van der Waals surface area contributed by atoms with Gasteiger partial charge in [0.1, 0.15) is 24.6 Å². The lowest BCUT2D eigenvalue weighted by Gasteiger charge is -2.56. The number of β-amino-alcohol motifs (C(OH)–C–C–N with tert-alkyl or cyclic N) is 1. The van der Waals surface area contributed by atoms with E-state index in [0.29, 0.717) is 86.5 Å². The van der Waals surface area contributed by atoms with E-state index < -0.39 is 47.5 Å². The van der Waals surface area contributed by atoms with Gasteiger partial charge >= 0.3 is 0 Å². The Morgan fingerprint density at radius 3 is 2.49 bits per heavy atom. The van der Waals surface area contributed by atoms with Crippen LogP contribution in [-0.2, 0) is 40.0 Å². The summed E-state index contributed by atoms with van der Waals surface area (Å²) in [5.41, 5.74) is 13.5. The maximum Gasteiger partial charge on any atom is 0.243 e. The van der Waals surface area contributed by atoms with Crippen molar-refractivity contribution in [3.8, 4) is 17.6 Å². The van der Waals surface area contributed by atoms with Crippen LogP contribution in [-0.4, -0.2) is 80.9 Å². The second-order valence-corrected chi connectivity index (χ2v) is 21.5. The Bertz CT molecular complexity index is 2670. The first-order valence-corrected chi connectivity index (χ1v) is 26.0. The molecule has 382 valence electrons. The topological polar surface area (TPSA) is 195 Å². The van der Waals surface area contributed by atoms with Crippen molar-refractivity contribution in [1.82, 2.24) is 10.6 Å². The van der Waals surface area contributed by atoms with Crippen molar-refractivity contribution in [2.75, 3.05) is 19.8 Å². The van der Waals surface area contributed by atoms with Gasteiger partial charge in [-0.1, -0.05) is 114 Å². The maximum atomic E-state index is 15.0. The highest BCUT2D eigenvalue weighted by molar-refractivity contribution is 5.98. The van der Waals surface area contributed by atoms with E-state index in [1.54, 1.807) is 12.1 Å². The monoisotopic (exact) mass is 978 g/mol. The number of ether oxygens (including phenoxy) is 1. The number of ketones is 1. The molecule has 0 radical (unpaired) electrons. The Morgan fingerprint density at radius 1 is 0.931 bits per heavy atom. The lowest BCUT2D eigenvalue weighted by Crippen LogP contribution is -2.59. The standard InChI is InChI=1S/C61H75N3O8/c1-38-11-5-6-30-72-37-45(18-8-14-39(2)13-7-12-38)50-27-29-61(57(50)69)52-25-24-48(66)34-43-16-9-15-42(31-43)33-46(32-41-20-22-47(65)23-21-41)54(68)36-63-56-55-44(17-10-19-51(55)58(62)64-59(56)70)35-53(67)40(3)49(52)26-28-60(61,4)71/h8-10,12,14-23,31,46,48,50,52,54,56-58,63,65-66,68-69,71H,2,7,11,13,24-30,32-37,62H2,1,3-4H3,(H,64,70)/b14-8+,38-12+,45-18-,49-40+/t46-,48-,50+,52+,54+,56+,57+,58+,60+,61+/m0/s1. The molecule has 1 amide bonds. The van der Waals surface area contributed by atoms with E-state index in [9.17, 15) is 30.3 Å². The number of hydrogen-bond donors (Lipinski definition) is 8. The fraction of sp³-hybridized carbons (Fsp3) is 0.475. The molecule has 2 bridgehead atoms. The third-order valence-corrected chi connectivity index (χ3v) is 16.6. The zero-order valence-corrected chi connectivity index (χ0v) is 42.3. The molecule has 8 rings (SSSR count). The molecule has 0 aromatic heterocycles. The number of nitrogens with one attached hydrogen (secondary N) is 2. The molecule has 5 aliphatic rings. The van der Waals surface area contributed by atoms with E-state index in [1.807, 2.05) is 80.6 Å². The van der Waals surface area contributed by atoms with Gasteiger partial charge in [-0.05, 0) is 160 Å². The highest BCUT2D eigenvalue weighted by Gasteiger charge is 2.64. The summed E-state index contributed by atoms with van der Waals surface area (Å²) < 4.78 is 6.18. The van der Waals surface area contributed by atoms with E-state index in [1.165, 1.54) is 5.57 Å². The summed E-state index contributed by atoms with van der Waals surface area (Å²) in [6.45, 7) is 10.6. The van der Waals surface area contributed by atoms with Crippen LogP contribution in [0.3, 0.4) is 0 Å². The number of phenols is 1. The van der Waals surface area contributed by atoms with Gasteiger partial charge in [0, 0.05) is 30.7 Å². The van der Waals surface area contributed by atoms with Crippen LogP contribution in [0, 0.1) is 35.0 Å². The Hall–Kier alpha value is -5.42. The Kier molecular flexibility index (Phi) is 17.0. The van der Waals surface area contributed by atoms with Crippen molar-refractivity contribution in [3.63, 3.8) is 0 Å². The number of aliphatic hydroxyl groups is 4. The van der Waals surface area contributed by atoms with Crippen molar-refractivity contribution >= 4 is 11.7 Å². The van der Waals surface area contributed by atoms with Gasteiger partial charge in [-0.2, -0.15) is 0 Å². The van der Waals surface area contributed by atoms with Crippen LogP contribution in [0.25, 0.3) is 0 Å². The minimum absolute atomic E-state index is 0.0261. The Morgan fingerprint density at radius 2 is 1.69 bits per heavy atom. The average molecular weight is 978 g/mol. The number of Topliss-reactive ketones (excluding diaryl/α,β-unsaturated/α-hetero) is 1. The van der Waals surface area contributed by atoms with Gasteiger partial charge in [0.15, 0.2) is 5.78 Å². The zero-order chi connectivity index (χ0) is 51.2. The summed E-state index contributed by atoms with van der Waals surface area (Å²) in [6.07, 6.45) is 11.0. The maximum absolute atomic E-state index is 15.0. The van der Waals surface area contributed by atoms with E-state index in [0.717, 1.165) is 46.3 Å². The molecule has 2 aliphatic carbocycles. The normalized spacial score (nSPS) is 34.3. The molecule has 2 fully saturated rings. The lowest BCUT2D eigenvalue weighted by atomic mass is 9.52. The Labute approximate surface area is 426 Å². The van der Waals surface area contributed by atoms with Crippen molar-refractivity contribution < 1.29 is 39.9 Å². The molecule has 1 spiro atoms. The quantitative estimate of drug-likeness (QED) is 0.0948.